The zero-order valence-corrected chi connectivity index (χ0v) is 18.2. The number of benzene rings is 3. The molecule has 1 aliphatic carbocycles. The van der Waals surface area contributed by atoms with Gasteiger partial charge >= 0.3 is 0 Å². The SMILES string of the molecule is C=CCOc1ccc2c(c1)C(=NNc1nc3ccccc3s1)c1cc(OCC=C)ccc1-2. The van der Waals surface area contributed by atoms with Crippen LogP contribution in [0.1, 0.15) is 11.1 Å². The van der Waals surface area contributed by atoms with Gasteiger partial charge in [0.05, 0.1) is 15.9 Å². The van der Waals surface area contributed by atoms with Crippen LogP contribution in [0.15, 0.2) is 91.1 Å². The number of fused-ring (bicyclic) bond motifs is 4. The molecule has 0 unspecified atom stereocenters. The maximum atomic E-state index is 5.77. The van der Waals surface area contributed by atoms with Gasteiger partial charge in [0.2, 0.25) is 5.13 Å². The number of hydrogen-bond donors (Lipinski definition) is 1. The third-order valence-corrected chi connectivity index (χ3v) is 6.02. The second-order valence-electron chi connectivity index (χ2n) is 7.17. The number of nitrogens with zero attached hydrogens (tertiary/aromatic N) is 2. The Balaban J connectivity index is 1.56. The van der Waals surface area contributed by atoms with E-state index in [0.29, 0.717) is 13.2 Å². The summed E-state index contributed by atoms with van der Waals surface area (Å²) in [5, 5.41) is 5.52. The van der Waals surface area contributed by atoms with Gasteiger partial charge in [-0.05, 0) is 59.7 Å². The van der Waals surface area contributed by atoms with Crippen LogP contribution in [-0.4, -0.2) is 23.9 Å². The zero-order chi connectivity index (χ0) is 21.9. The van der Waals surface area contributed by atoms with Gasteiger partial charge in [-0.3, -0.25) is 5.43 Å². The zero-order valence-electron chi connectivity index (χ0n) is 17.4. The van der Waals surface area contributed by atoms with Crippen LogP contribution in [0.3, 0.4) is 0 Å². The summed E-state index contributed by atoms with van der Waals surface area (Å²) < 4.78 is 12.6. The minimum absolute atomic E-state index is 0.446. The summed E-state index contributed by atoms with van der Waals surface area (Å²) in [5.41, 5.74) is 9.14. The molecule has 0 saturated heterocycles. The van der Waals surface area contributed by atoms with E-state index in [0.717, 1.165) is 54.8 Å². The Labute approximate surface area is 190 Å². The predicted molar refractivity (Wildman–Crippen MR) is 132 cm³/mol. The monoisotopic (exact) mass is 439 g/mol. The predicted octanol–water partition coefficient (Wildman–Crippen LogP) is 6.27. The molecule has 0 amide bonds. The van der Waals surface area contributed by atoms with Crippen LogP contribution in [-0.2, 0) is 0 Å². The molecule has 3 aromatic carbocycles. The Morgan fingerprint density at radius 3 is 2.06 bits per heavy atom. The summed E-state index contributed by atoms with van der Waals surface area (Å²) in [4.78, 5) is 4.63. The lowest BCUT2D eigenvalue weighted by molar-refractivity contribution is 0.363. The number of nitrogens with one attached hydrogen (secondary N) is 1. The van der Waals surface area contributed by atoms with Gasteiger partial charge < -0.3 is 9.47 Å². The first-order chi connectivity index (χ1) is 15.8. The highest BCUT2D eigenvalue weighted by atomic mass is 32.1. The van der Waals surface area contributed by atoms with Crippen LogP contribution >= 0.6 is 11.3 Å². The lowest BCUT2D eigenvalue weighted by atomic mass is 10.1. The Morgan fingerprint density at radius 1 is 0.844 bits per heavy atom. The molecule has 0 bridgehead atoms. The van der Waals surface area contributed by atoms with Gasteiger partial charge in [0, 0.05) is 11.1 Å². The van der Waals surface area contributed by atoms with Crippen molar-refractivity contribution < 1.29 is 9.47 Å². The number of anilines is 1. The smallest absolute Gasteiger partial charge is 0.204 e. The van der Waals surface area contributed by atoms with Crippen molar-refractivity contribution in [3.05, 3.63) is 97.1 Å². The molecule has 1 aromatic heterocycles. The highest BCUT2D eigenvalue weighted by Gasteiger charge is 2.26. The van der Waals surface area contributed by atoms with Gasteiger partial charge in [-0.1, -0.05) is 48.8 Å². The molecule has 0 spiro atoms. The topological polar surface area (TPSA) is 55.7 Å². The third kappa shape index (κ3) is 3.76. The highest BCUT2D eigenvalue weighted by Crippen LogP contribution is 2.40. The second-order valence-corrected chi connectivity index (χ2v) is 8.20. The summed E-state index contributed by atoms with van der Waals surface area (Å²) in [6.45, 7) is 8.34. The van der Waals surface area contributed by atoms with E-state index in [1.165, 1.54) is 0 Å². The lowest BCUT2D eigenvalue weighted by Crippen LogP contribution is -2.04. The van der Waals surface area contributed by atoms with E-state index in [-0.39, 0.29) is 0 Å². The maximum Gasteiger partial charge on any atom is 0.204 e. The van der Waals surface area contributed by atoms with Crippen molar-refractivity contribution in [1.82, 2.24) is 4.98 Å². The van der Waals surface area contributed by atoms with Crippen LogP contribution in [0.25, 0.3) is 21.3 Å². The number of hydrazone groups is 1. The van der Waals surface area contributed by atoms with E-state index >= 15 is 0 Å². The first kappa shape index (κ1) is 20.0. The van der Waals surface area contributed by atoms with Gasteiger partial charge in [0.1, 0.15) is 24.7 Å². The van der Waals surface area contributed by atoms with Crippen LogP contribution < -0.4 is 14.9 Å². The van der Waals surface area contributed by atoms with Crippen molar-refractivity contribution >= 4 is 32.4 Å². The molecule has 1 heterocycles. The largest absolute Gasteiger partial charge is 0.490 e. The highest BCUT2D eigenvalue weighted by molar-refractivity contribution is 7.22. The quantitative estimate of drug-likeness (QED) is 0.229. The molecular weight excluding hydrogens is 418 g/mol. The molecule has 158 valence electrons. The average molecular weight is 440 g/mol. The van der Waals surface area contributed by atoms with E-state index in [2.05, 4.69) is 41.8 Å². The Hall–Kier alpha value is -3.90. The molecule has 6 heteroatoms. The van der Waals surface area contributed by atoms with Crippen molar-refractivity contribution in [2.75, 3.05) is 18.6 Å². The summed E-state index contributed by atoms with van der Waals surface area (Å²) in [6.07, 6.45) is 3.46. The summed E-state index contributed by atoms with van der Waals surface area (Å²) in [6, 6.07) is 20.1. The number of aromatic nitrogens is 1. The molecule has 0 radical (unpaired) electrons. The molecule has 5 rings (SSSR count). The van der Waals surface area contributed by atoms with E-state index in [9.17, 15) is 0 Å². The van der Waals surface area contributed by atoms with E-state index in [1.54, 1.807) is 23.5 Å². The summed E-state index contributed by atoms with van der Waals surface area (Å²) in [5.74, 6) is 1.54. The van der Waals surface area contributed by atoms with Crippen LogP contribution in [0, 0.1) is 0 Å². The fraction of sp³-hybridized carbons (Fsp3) is 0.0769. The molecule has 1 N–H and O–H groups in total. The van der Waals surface area contributed by atoms with Crippen molar-refractivity contribution in [3.63, 3.8) is 0 Å². The van der Waals surface area contributed by atoms with Crippen molar-refractivity contribution in [1.29, 1.82) is 0 Å². The number of ether oxygens (including phenoxy) is 2. The molecule has 0 aliphatic heterocycles. The van der Waals surface area contributed by atoms with Gasteiger partial charge in [-0.2, -0.15) is 5.10 Å². The van der Waals surface area contributed by atoms with Crippen LogP contribution in [0.2, 0.25) is 0 Å². The Kier molecular flexibility index (Phi) is 5.44. The van der Waals surface area contributed by atoms with Crippen molar-refractivity contribution in [2.45, 2.75) is 0 Å². The number of hydrogen-bond acceptors (Lipinski definition) is 6. The molecule has 1 aliphatic rings. The van der Waals surface area contributed by atoms with E-state index in [4.69, 9.17) is 14.6 Å². The fourth-order valence-electron chi connectivity index (χ4n) is 3.69. The number of rotatable bonds is 8. The first-order valence-electron chi connectivity index (χ1n) is 10.2. The van der Waals surface area contributed by atoms with Gasteiger partial charge in [-0.25, -0.2) is 4.98 Å². The van der Waals surface area contributed by atoms with Crippen LogP contribution in [0.5, 0.6) is 11.5 Å². The Bertz CT molecular complexity index is 1260. The second kappa shape index (κ2) is 8.69. The van der Waals surface area contributed by atoms with Gasteiger partial charge in [0.15, 0.2) is 0 Å². The van der Waals surface area contributed by atoms with E-state index < -0.39 is 0 Å². The summed E-state index contributed by atoms with van der Waals surface area (Å²) in [7, 11) is 0. The minimum Gasteiger partial charge on any atom is -0.490 e. The number of para-hydroxylation sites is 1. The molecule has 4 aromatic rings. The lowest BCUT2D eigenvalue weighted by Gasteiger charge is -2.07. The Morgan fingerprint density at radius 2 is 1.47 bits per heavy atom. The third-order valence-electron chi connectivity index (χ3n) is 5.08. The molecular formula is C26H21N3O2S. The van der Waals surface area contributed by atoms with Gasteiger partial charge in [0.25, 0.3) is 0 Å². The van der Waals surface area contributed by atoms with E-state index in [1.807, 2.05) is 42.5 Å². The standard InChI is InChI=1S/C26H21N3O2S/c1-3-13-30-17-9-11-19-20-12-10-18(31-14-4-2)16-22(20)25(21(19)15-17)28-29-26-27-23-7-5-6-8-24(23)32-26/h3-12,15-16H,1-2,13-14H2,(H,27,29). The van der Waals surface area contributed by atoms with Crippen molar-refractivity contribution in [2.24, 2.45) is 5.10 Å². The van der Waals surface area contributed by atoms with Crippen LogP contribution in [0.4, 0.5) is 5.13 Å². The van der Waals surface area contributed by atoms with Gasteiger partial charge in [-0.15, -0.1) is 0 Å². The molecule has 5 nitrogen and oxygen atoms in total. The minimum atomic E-state index is 0.446. The fourth-order valence-corrected chi connectivity index (χ4v) is 4.50. The maximum absolute atomic E-state index is 5.77. The molecule has 32 heavy (non-hydrogen) atoms. The average Bonchev–Trinajstić information content (AvgIpc) is 3.37. The summed E-state index contributed by atoms with van der Waals surface area (Å²) >= 11 is 1.57. The normalized spacial score (nSPS) is 11.6. The first-order valence-corrected chi connectivity index (χ1v) is 11.0. The molecule has 0 saturated carbocycles. The molecule has 0 fully saturated rings. The number of thiazole rings is 1. The van der Waals surface area contributed by atoms with Crippen molar-refractivity contribution in [3.8, 4) is 22.6 Å². The molecule has 0 atom stereocenters.